The highest BCUT2D eigenvalue weighted by molar-refractivity contribution is 7.71. The zero-order chi connectivity index (χ0) is 15.1. The van der Waals surface area contributed by atoms with Gasteiger partial charge in [-0.05, 0) is 42.9 Å². The minimum absolute atomic E-state index is 0.0502. The van der Waals surface area contributed by atoms with Crippen molar-refractivity contribution in [3.8, 4) is 5.69 Å². The number of hydrogen-bond acceptors (Lipinski definition) is 2. The van der Waals surface area contributed by atoms with Crippen LogP contribution in [0.25, 0.3) is 16.6 Å². The lowest BCUT2D eigenvalue weighted by atomic mass is 10.1. The van der Waals surface area contributed by atoms with Gasteiger partial charge in [0.2, 0.25) is 0 Å². The minimum Gasteiger partial charge on any atom is -0.331 e. The third-order valence-corrected chi connectivity index (χ3v) is 3.59. The van der Waals surface area contributed by atoms with E-state index in [0.717, 1.165) is 22.3 Å². The number of benzene rings is 2. The maximum atomic E-state index is 13.9. The Morgan fingerprint density at radius 2 is 1.71 bits per heavy atom. The van der Waals surface area contributed by atoms with Crippen LogP contribution in [0.3, 0.4) is 0 Å². The zero-order valence-corrected chi connectivity index (χ0v) is 11.8. The number of aromatic amines is 1. The average Bonchev–Trinajstić information content (AvgIpc) is 2.43. The van der Waals surface area contributed by atoms with Gasteiger partial charge in [-0.3, -0.25) is 4.79 Å². The van der Waals surface area contributed by atoms with E-state index in [4.69, 9.17) is 12.2 Å². The molecule has 2 aromatic carbocycles. The van der Waals surface area contributed by atoms with Crippen LogP contribution in [0.15, 0.2) is 41.2 Å². The Balaban J connectivity index is 2.51. The fourth-order valence-electron chi connectivity index (χ4n) is 2.29. The molecule has 3 nitrogen and oxygen atoms in total. The molecule has 3 aromatic rings. The summed E-state index contributed by atoms with van der Waals surface area (Å²) in [5, 5.41) is 0.325. The number of rotatable bonds is 1. The smallest absolute Gasteiger partial charge is 0.266 e. The van der Waals surface area contributed by atoms with Gasteiger partial charge in [-0.25, -0.2) is 13.3 Å². The Morgan fingerprint density at radius 1 is 1.10 bits per heavy atom. The summed E-state index contributed by atoms with van der Waals surface area (Å²) in [5.74, 6) is -1.69. The lowest BCUT2D eigenvalue weighted by Crippen LogP contribution is -2.22. The number of aromatic nitrogens is 2. The first-order valence-corrected chi connectivity index (χ1v) is 6.60. The van der Waals surface area contributed by atoms with E-state index in [1.165, 1.54) is 6.07 Å². The van der Waals surface area contributed by atoms with E-state index in [9.17, 15) is 13.6 Å². The normalized spacial score (nSPS) is 11.0. The van der Waals surface area contributed by atoms with E-state index < -0.39 is 22.9 Å². The third-order valence-electron chi connectivity index (χ3n) is 3.30. The van der Waals surface area contributed by atoms with Crippen LogP contribution >= 0.6 is 12.2 Å². The van der Waals surface area contributed by atoms with Crippen LogP contribution < -0.4 is 5.56 Å². The molecule has 21 heavy (non-hydrogen) atoms. The second-order valence-electron chi connectivity index (χ2n) is 4.64. The summed E-state index contributed by atoms with van der Waals surface area (Å²) in [6.45, 7) is 1.82. The van der Waals surface area contributed by atoms with Gasteiger partial charge in [0.05, 0.1) is 10.9 Å². The number of H-pyrrole nitrogens is 1. The second-order valence-corrected chi connectivity index (χ2v) is 5.03. The van der Waals surface area contributed by atoms with Gasteiger partial charge in [0.1, 0.15) is 17.3 Å². The van der Waals surface area contributed by atoms with Crippen LogP contribution in [0.5, 0.6) is 0 Å². The standard InChI is InChI=1S/C15H10F2N2OS/c1-8-4-2-5-9-12(8)18-15(21)19(14(9)20)13-10(16)6-3-7-11(13)17/h2-7H,1H3,(H,18,21). The van der Waals surface area contributed by atoms with Crippen molar-refractivity contribution in [3.05, 3.63) is 68.7 Å². The summed E-state index contributed by atoms with van der Waals surface area (Å²) < 4.78 is 28.6. The molecule has 0 unspecified atom stereocenters. The Labute approximate surface area is 123 Å². The molecule has 3 rings (SSSR count). The summed E-state index contributed by atoms with van der Waals surface area (Å²) in [4.78, 5) is 15.4. The highest BCUT2D eigenvalue weighted by atomic mass is 32.1. The first-order valence-electron chi connectivity index (χ1n) is 6.20. The van der Waals surface area contributed by atoms with E-state index in [1.54, 1.807) is 12.1 Å². The second kappa shape index (κ2) is 4.89. The Morgan fingerprint density at radius 3 is 2.38 bits per heavy atom. The molecule has 0 bridgehead atoms. The SMILES string of the molecule is Cc1cccc2c(=O)n(-c3c(F)cccc3F)c(=S)[nH]c12. The van der Waals surface area contributed by atoms with Gasteiger partial charge >= 0.3 is 0 Å². The van der Waals surface area contributed by atoms with E-state index in [1.807, 2.05) is 13.0 Å². The van der Waals surface area contributed by atoms with Gasteiger partial charge < -0.3 is 4.98 Å². The molecule has 0 atom stereocenters. The molecule has 0 aliphatic carbocycles. The van der Waals surface area contributed by atoms with Gasteiger partial charge in [0.15, 0.2) is 4.77 Å². The Bertz CT molecular complexity index is 955. The highest BCUT2D eigenvalue weighted by Crippen LogP contribution is 2.18. The zero-order valence-electron chi connectivity index (χ0n) is 11.0. The number of para-hydroxylation sites is 2. The largest absolute Gasteiger partial charge is 0.331 e. The summed E-state index contributed by atoms with van der Waals surface area (Å²) in [5.41, 5.74) is 0.381. The number of nitrogens with one attached hydrogen (secondary N) is 1. The van der Waals surface area contributed by atoms with Crippen LogP contribution in [0, 0.1) is 23.3 Å². The molecular weight excluding hydrogens is 294 g/mol. The van der Waals surface area contributed by atoms with Crippen molar-refractivity contribution in [1.29, 1.82) is 0 Å². The molecule has 0 aliphatic heterocycles. The van der Waals surface area contributed by atoms with Gasteiger partial charge in [0, 0.05) is 0 Å². The molecule has 0 aliphatic rings. The quantitative estimate of drug-likeness (QED) is 0.697. The van der Waals surface area contributed by atoms with Crippen molar-refractivity contribution in [2.24, 2.45) is 0 Å². The predicted molar refractivity (Wildman–Crippen MR) is 79.4 cm³/mol. The number of halogens is 2. The van der Waals surface area contributed by atoms with Gasteiger partial charge in [0.25, 0.3) is 5.56 Å². The summed E-state index contributed by atoms with van der Waals surface area (Å²) in [7, 11) is 0. The van der Waals surface area contributed by atoms with Crippen molar-refractivity contribution in [2.45, 2.75) is 6.92 Å². The topological polar surface area (TPSA) is 37.8 Å². The van der Waals surface area contributed by atoms with Crippen molar-refractivity contribution in [3.63, 3.8) is 0 Å². The van der Waals surface area contributed by atoms with Gasteiger partial charge in [-0.2, -0.15) is 0 Å². The molecule has 0 amide bonds. The molecule has 1 heterocycles. The van der Waals surface area contributed by atoms with Crippen LogP contribution in [0.1, 0.15) is 5.56 Å². The van der Waals surface area contributed by atoms with Crippen LogP contribution in [0.4, 0.5) is 8.78 Å². The monoisotopic (exact) mass is 304 g/mol. The molecule has 6 heteroatoms. The first kappa shape index (κ1) is 13.6. The Kier molecular flexibility index (Phi) is 3.17. The minimum atomic E-state index is -0.844. The maximum Gasteiger partial charge on any atom is 0.266 e. The molecule has 106 valence electrons. The number of hydrogen-bond donors (Lipinski definition) is 1. The molecule has 0 saturated heterocycles. The van der Waals surface area contributed by atoms with Crippen molar-refractivity contribution in [1.82, 2.24) is 9.55 Å². The number of nitrogens with zero attached hydrogens (tertiary/aromatic N) is 1. The molecule has 0 saturated carbocycles. The number of fused-ring (bicyclic) bond motifs is 1. The van der Waals surface area contributed by atoms with Crippen LogP contribution in [-0.4, -0.2) is 9.55 Å². The van der Waals surface area contributed by atoms with Crippen molar-refractivity contribution in [2.75, 3.05) is 0 Å². The lowest BCUT2D eigenvalue weighted by molar-refractivity contribution is 0.565. The van der Waals surface area contributed by atoms with Crippen molar-refractivity contribution >= 4 is 23.1 Å². The van der Waals surface area contributed by atoms with E-state index in [2.05, 4.69) is 4.98 Å². The van der Waals surface area contributed by atoms with E-state index >= 15 is 0 Å². The van der Waals surface area contributed by atoms with E-state index in [-0.39, 0.29) is 4.77 Å². The molecule has 0 spiro atoms. The first-order chi connectivity index (χ1) is 10.0. The van der Waals surface area contributed by atoms with Crippen molar-refractivity contribution < 1.29 is 8.78 Å². The summed E-state index contributed by atoms with van der Waals surface area (Å²) >= 11 is 5.10. The molecular formula is C15H10F2N2OS. The summed E-state index contributed by atoms with van der Waals surface area (Å²) in [6.07, 6.45) is 0. The van der Waals surface area contributed by atoms with E-state index in [0.29, 0.717) is 10.9 Å². The molecule has 0 radical (unpaired) electrons. The molecule has 0 fully saturated rings. The van der Waals surface area contributed by atoms with Gasteiger partial charge in [-0.1, -0.05) is 18.2 Å². The van der Waals surface area contributed by atoms with Gasteiger partial charge in [-0.15, -0.1) is 0 Å². The third kappa shape index (κ3) is 2.08. The van der Waals surface area contributed by atoms with Crippen LogP contribution in [0.2, 0.25) is 0 Å². The fourth-order valence-corrected chi connectivity index (χ4v) is 2.57. The predicted octanol–water partition coefficient (Wildman–Crippen LogP) is 3.63. The lowest BCUT2D eigenvalue weighted by Gasteiger charge is -2.10. The molecule has 1 aromatic heterocycles. The average molecular weight is 304 g/mol. The van der Waals surface area contributed by atoms with Crippen LogP contribution in [-0.2, 0) is 0 Å². The fraction of sp³-hybridized carbons (Fsp3) is 0.0667. The number of aryl methyl sites for hydroxylation is 1. The highest BCUT2D eigenvalue weighted by Gasteiger charge is 2.16. The summed E-state index contributed by atoms with van der Waals surface area (Å²) in [6, 6.07) is 8.52. The maximum absolute atomic E-state index is 13.9. The Hall–Kier alpha value is -2.34. The molecule has 1 N–H and O–H groups in total.